The van der Waals surface area contributed by atoms with Crippen LogP contribution in [0.25, 0.3) is 6.08 Å². The lowest BCUT2D eigenvalue weighted by molar-refractivity contribution is 0.176. The normalized spacial score (nSPS) is 31.9. The van der Waals surface area contributed by atoms with Gasteiger partial charge in [0.05, 0.1) is 0 Å². The smallest absolute Gasteiger partial charge is 0.127 e. The second-order valence-corrected chi connectivity index (χ2v) is 5.38. The summed E-state index contributed by atoms with van der Waals surface area (Å²) in [5.41, 5.74) is 2.46. The summed E-state index contributed by atoms with van der Waals surface area (Å²) in [5.74, 6) is 1.69. The van der Waals surface area contributed by atoms with E-state index in [4.69, 9.17) is 4.74 Å². The molecular weight excluding hydrogens is 234 g/mol. The lowest BCUT2D eigenvalue weighted by atomic mass is 9.84. The maximum Gasteiger partial charge on any atom is 0.127 e. The van der Waals surface area contributed by atoms with Crippen molar-refractivity contribution in [2.75, 3.05) is 0 Å². The van der Waals surface area contributed by atoms with Crippen LogP contribution in [-0.4, -0.2) is 12.3 Å². The van der Waals surface area contributed by atoms with Crippen molar-refractivity contribution in [2.45, 2.75) is 32.3 Å². The lowest BCUT2D eigenvalue weighted by Crippen LogP contribution is -2.27. The SMILES string of the molecule is CC1CC/C2=C/C=N/C=C\c3ccccc3OC2C1. The molecule has 2 unspecified atom stereocenters. The van der Waals surface area contributed by atoms with Crippen LogP contribution in [0, 0.1) is 5.92 Å². The summed E-state index contributed by atoms with van der Waals surface area (Å²) in [6, 6.07) is 8.17. The number of ether oxygens (including phenoxy) is 1. The number of aliphatic imine (C=N–C) groups is 1. The topological polar surface area (TPSA) is 21.6 Å². The molecule has 1 aromatic carbocycles. The van der Waals surface area contributed by atoms with Gasteiger partial charge in [0.25, 0.3) is 0 Å². The molecule has 1 fully saturated rings. The van der Waals surface area contributed by atoms with Crippen LogP contribution in [0.4, 0.5) is 0 Å². The van der Waals surface area contributed by atoms with E-state index in [0.29, 0.717) is 0 Å². The first-order valence-electron chi connectivity index (χ1n) is 6.97. The number of fused-ring (bicyclic) bond motifs is 2. The second kappa shape index (κ2) is 5.43. The van der Waals surface area contributed by atoms with Crippen molar-refractivity contribution in [3.8, 4) is 5.75 Å². The zero-order valence-corrected chi connectivity index (χ0v) is 11.3. The Balaban J connectivity index is 1.98. The standard InChI is InChI=1S/C17H19NO/c1-13-6-7-15-9-11-18-10-8-14-4-2-3-5-16(14)19-17(15)12-13/h2-5,8-11,13,17H,6-7,12H2,1H3/b10-8-,15-9-,18-11+. The van der Waals surface area contributed by atoms with E-state index in [1.54, 1.807) is 0 Å². The van der Waals surface area contributed by atoms with Gasteiger partial charge in [0.2, 0.25) is 0 Å². The van der Waals surface area contributed by atoms with E-state index in [1.807, 2.05) is 36.7 Å². The van der Waals surface area contributed by atoms with Crippen LogP contribution < -0.4 is 4.74 Å². The predicted molar refractivity (Wildman–Crippen MR) is 79.5 cm³/mol. The molecule has 2 aliphatic rings. The van der Waals surface area contributed by atoms with Crippen molar-refractivity contribution < 1.29 is 4.74 Å². The molecule has 1 saturated carbocycles. The predicted octanol–water partition coefficient (Wildman–Crippen LogP) is 4.24. The van der Waals surface area contributed by atoms with Crippen LogP contribution in [0.5, 0.6) is 5.75 Å². The fourth-order valence-electron chi connectivity index (χ4n) is 2.71. The molecule has 0 spiro atoms. The van der Waals surface area contributed by atoms with Gasteiger partial charge < -0.3 is 4.74 Å². The number of benzene rings is 1. The quantitative estimate of drug-likeness (QED) is 0.678. The Labute approximate surface area is 114 Å². The van der Waals surface area contributed by atoms with Crippen LogP contribution in [-0.2, 0) is 0 Å². The molecular formula is C17H19NO. The van der Waals surface area contributed by atoms with Crippen molar-refractivity contribution in [2.24, 2.45) is 10.9 Å². The minimum atomic E-state index is 0.197. The van der Waals surface area contributed by atoms with Crippen molar-refractivity contribution in [1.29, 1.82) is 0 Å². The molecule has 2 atom stereocenters. The van der Waals surface area contributed by atoms with E-state index in [2.05, 4.69) is 24.1 Å². The van der Waals surface area contributed by atoms with Gasteiger partial charge in [-0.1, -0.05) is 25.1 Å². The van der Waals surface area contributed by atoms with E-state index in [1.165, 1.54) is 12.0 Å². The first-order chi connectivity index (χ1) is 9.33. The van der Waals surface area contributed by atoms with Crippen LogP contribution in [0.1, 0.15) is 31.7 Å². The molecule has 1 aliphatic carbocycles. The largest absolute Gasteiger partial charge is 0.485 e. The van der Waals surface area contributed by atoms with Crippen molar-refractivity contribution in [3.05, 3.63) is 47.7 Å². The Morgan fingerprint density at radius 3 is 3.11 bits per heavy atom. The monoisotopic (exact) mass is 253 g/mol. The lowest BCUT2D eigenvalue weighted by Gasteiger charge is -2.30. The Morgan fingerprint density at radius 1 is 1.26 bits per heavy atom. The van der Waals surface area contributed by atoms with Gasteiger partial charge in [-0.05, 0) is 49.0 Å². The molecule has 2 heteroatoms. The van der Waals surface area contributed by atoms with Crippen LogP contribution in [0.3, 0.4) is 0 Å². The van der Waals surface area contributed by atoms with E-state index < -0.39 is 0 Å². The Hall–Kier alpha value is -1.83. The van der Waals surface area contributed by atoms with Gasteiger partial charge in [-0.25, -0.2) is 0 Å². The van der Waals surface area contributed by atoms with Gasteiger partial charge in [-0.15, -0.1) is 0 Å². The molecule has 0 radical (unpaired) electrons. The highest BCUT2D eigenvalue weighted by atomic mass is 16.5. The average molecular weight is 253 g/mol. The molecule has 2 nitrogen and oxygen atoms in total. The first kappa shape index (κ1) is 12.2. The van der Waals surface area contributed by atoms with Crippen LogP contribution in [0.15, 0.2) is 47.1 Å². The number of nitrogens with zero attached hydrogens (tertiary/aromatic N) is 1. The minimum Gasteiger partial charge on any atom is -0.485 e. The number of allylic oxidation sites excluding steroid dienone is 1. The second-order valence-electron chi connectivity index (χ2n) is 5.38. The summed E-state index contributed by atoms with van der Waals surface area (Å²) in [6.45, 7) is 2.30. The molecule has 0 saturated heterocycles. The van der Waals surface area contributed by atoms with Gasteiger partial charge in [0, 0.05) is 18.0 Å². The summed E-state index contributed by atoms with van der Waals surface area (Å²) >= 11 is 0. The fourth-order valence-corrected chi connectivity index (χ4v) is 2.71. The average Bonchev–Trinajstić information content (AvgIpc) is 2.42. The van der Waals surface area contributed by atoms with E-state index in [0.717, 1.165) is 30.1 Å². The fraction of sp³-hybridized carbons (Fsp3) is 0.353. The van der Waals surface area contributed by atoms with Crippen LogP contribution >= 0.6 is 0 Å². The first-order valence-corrected chi connectivity index (χ1v) is 6.97. The zero-order valence-electron chi connectivity index (χ0n) is 11.3. The summed E-state index contributed by atoms with van der Waals surface area (Å²) in [4.78, 5) is 4.30. The Bertz CT molecular complexity index is 542. The number of para-hydroxylation sites is 1. The zero-order chi connectivity index (χ0) is 13.1. The summed E-state index contributed by atoms with van der Waals surface area (Å²) in [6.07, 6.45) is 11.5. The molecule has 3 rings (SSSR count). The van der Waals surface area contributed by atoms with Crippen molar-refractivity contribution >= 4 is 12.3 Å². The molecule has 0 aromatic heterocycles. The number of hydrogen-bond acceptors (Lipinski definition) is 2. The van der Waals surface area contributed by atoms with Gasteiger partial charge in [-0.2, -0.15) is 0 Å². The van der Waals surface area contributed by atoms with Crippen LogP contribution in [0.2, 0.25) is 0 Å². The number of hydrogen-bond donors (Lipinski definition) is 0. The highest BCUT2D eigenvalue weighted by Crippen LogP contribution is 2.33. The third kappa shape index (κ3) is 2.78. The molecule has 1 aliphatic heterocycles. The maximum absolute atomic E-state index is 6.27. The molecule has 19 heavy (non-hydrogen) atoms. The van der Waals surface area contributed by atoms with Gasteiger partial charge in [0.15, 0.2) is 0 Å². The third-order valence-corrected chi connectivity index (χ3v) is 3.86. The minimum absolute atomic E-state index is 0.197. The van der Waals surface area contributed by atoms with Crippen molar-refractivity contribution in [1.82, 2.24) is 0 Å². The molecule has 98 valence electrons. The molecule has 0 amide bonds. The Kier molecular flexibility index (Phi) is 3.49. The third-order valence-electron chi connectivity index (χ3n) is 3.86. The summed E-state index contributed by atoms with van der Waals surface area (Å²) in [7, 11) is 0. The summed E-state index contributed by atoms with van der Waals surface area (Å²) < 4.78 is 6.27. The van der Waals surface area contributed by atoms with E-state index in [-0.39, 0.29) is 6.10 Å². The maximum atomic E-state index is 6.27. The number of rotatable bonds is 0. The summed E-state index contributed by atoms with van der Waals surface area (Å²) in [5, 5.41) is 0. The van der Waals surface area contributed by atoms with Gasteiger partial charge in [-0.3, -0.25) is 4.99 Å². The van der Waals surface area contributed by atoms with Crippen molar-refractivity contribution in [3.63, 3.8) is 0 Å². The molecule has 0 N–H and O–H groups in total. The Morgan fingerprint density at radius 2 is 2.16 bits per heavy atom. The highest BCUT2D eigenvalue weighted by Gasteiger charge is 2.25. The highest BCUT2D eigenvalue weighted by molar-refractivity contribution is 5.74. The van der Waals surface area contributed by atoms with E-state index in [9.17, 15) is 0 Å². The molecule has 1 aromatic rings. The van der Waals surface area contributed by atoms with Gasteiger partial charge >= 0.3 is 0 Å². The molecule has 0 bridgehead atoms. The van der Waals surface area contributed by atoms with E-state index >= 15 is 0 Å². The van der Waals surface area contributed by atoms with Gasteiger partial charge in [0.1, 0.15) is 11.9 Å². The molecule has 1 heterocycles.